The molecule has 2 aromatic carbocycles. The summed E-state index contributed by atoms with van der Waals surface area (Å²) in [6, 6.07) is 15.3. The van der Waals surface area contributed by atoms with Crippen LogP contribution in [0.3, 0.4) is 0 Å². The third kappa shape index (κ3) is 3.92. The van der Waals surface area contributed by atoms with Crippen LogP contribution in [-0.2, 0) is 9.59 Å². The number of amides is 2. The Balaban J connectivity index is 1.36. The van der Waals surface area contributed by atoms with Gasteiger partial charge in [-0.05, 0) is 48.5 Å². The summed E-state index contributed by atoms with van der Waals surface area (Å²) in [6.07, 6.45) is 0.205. The molecule has 0 spiro atoms. The standard InChI is InChI=1S/C22H21FN4O2/c23-18-3-7-19(8-4-18)25-9-11-26(12-10-25)22(29)17-13-21(28)27(15-17)20-5-1-16(14-24)2-6-20/h1-8,17H,9-13,15H2. The highest BCUT2D eigenvalue weighted by molar-refractivity contribution is 6.00. The first-order valence-corrected chi connectivity index (χ1v) is 9.65. The van der Waals surface area contributed by atoms with Crippen LogP contribution in [0, 0.1) is 23.1 Å². The molecule has 1 unspecified atom stereocenters. The zero-order valence-corrected chi connectivity index (χ0v) is 15.9. The van der Waals surface area contributed by atoms with E-state index in [9.17, 15) is 14.0 Å². The van der Waals surface area contributed by atoms with E-state index in [0.717, 1.165) is 5.69 Å². The Kier molecular flexibility index (Phi) is 5.17. The van der Waals surface area contributed by atoms with Crippen LogP contribution in [0.4, 0.5) is 15.8 Å². The minimum Gasteiger partial charge on any atom is -0.368 e. The average molecular weight is 392 g/mol. The van der Waals surface area contributed by atoms with Gasteiger partial charge in [-0.2, -0.15) is 5.26 Å². The molecule has 7 heteroatoms. The second-order valence-electron chi connectivity index (χ2n) is 7.35. The lowest BCUT2D eigenvalue weighted by atomic mass is 10.1. The molecule has 2 aliphatic rings. The third-order valence-electron chi connectivity index (χ3n) is 5.57. The van der Waals surface area contributed by atoms with Crippen LogP contribution in [0.15, 0.2) is 48.5 Å². The van der Waals surface area contributed by atoms with Crippen molar-refractivity contribution in [2.45, 2.75) is 6.42 Å². The van der Waals surface area contributed by atoms with E-state index >= 15 is 0 Å². The van der Waals surface area contributed by atoms with Crippen molar-refractivity contribution in [1.29, 1.82) is 5.26 Å². The fraction of sp³-hybridized carbons (Fsp3) is 0.318. The molecule has 2 aromatic rings. The van der Waals surface area contributed by atoms with Gasteiger partial charge in [0.25, 0.3) is 0 Å². The number of anilines is 2. The van der Waals surface area contributed by atoms with Crippen LogP contribution >= 0.6 is 0 Å². The Labute approximate surface area is 168 Å². The van der Waals surface area contributed by atoms with Gasteiger partial charge in [0.2, 0.25) is 11.8 Å². The van der Waals surface area contributed by atoms with Crippen LogP contribution in [0.1, 0.15) is 12.0 Å². The first kappa shape index (κ1) is 18.9. The monoisotopic (exact) mass is 392 g/mol. The second kappa shape index (κ2) is 7.92. The molecule has 2 fully saturated rings. The molecule has 0 saturated carbocycles. The van der Waals surface area contributed by atoms with Crippen molar-refractivity contribution >= 4 is 23.2 Å². The van der Waals surface area contributed by atoms with Gasteiger partial charge in [0, 0.05) is 50.5 Å². The summed E-state index contributed by atoms with van der Waals surface area (Å²) in [6.45, 7) is 2.88. The number of carbonyl (C=O) groups excluding carboxylic acids is 2. The fourth-order valence-electron chi connectivity index (χ4n) is 3.93. The van der Waals surface area contributed by atoms with Crippen LogP contribution in [0.25, 0.3) is 0 Å². The number of hydrogen-bond acceptors (Lipinski definition) is 4. The van der Waals surface area contributed by atoms with E-state index in [1.165, 1.54) is 12.1 Å². The molecule has 2 amide bonds. The second-order valence-corrected chi connectivity index (χ2v) is 7.35. The van der Waals surface area contributed by atoms with Crippen LogP contribution in [-0.4, -0.2) is 49.4 Å². The highest BCUT2D eigenvalue weighted by atomic mass is 19.1. The molecule has 1 atom stereocenters. The fourth-order valence-corrected chi connectivity index (χ4v) is 3.93. The van der Waals surface area contributed by atoms with Crippen molar-refractivity contribution in [3.63, 3.8) is 0 Å². The molecule has 0 bridgehead atoms. The van der Waals surface area contributed by atoms with Crippen molar-refractivity contribution in [3.05, 3.63) is 59.9 Å². The van der Waals surface area contributed by atoms with E-state index in [4.69, 9.17) is 5.26 Å². The molecule has 0 aliphatic carbocycles. The van der Waals surface area contributed by atoms with E-state index in [1.54, 1.807) is 41.3 Å². The lowest BCUT2D eigenvalue weighted by molar-refractivity contribution is -0.136. The summed E-state index contributed by atoms with van der Waals surface area (Å²) in [5, 5.41) is 8.91. The minimum absolute atomic E-state index is 0.00764. The summed E-state index contributed by atoms with van der Waals surface area (Å²) in [5.74, 6) is -0.679. The number of carbonyl (C=O) groups is 2. The van der Waals surface area contributed by atoms with Gasteiger partial charge in [0.15, 0.2) is 0 Å². The number of hydrogen-bond donors (Lipinski definition) is 0. The number of nitriles is 1. The van der Waals surface area contributed by atoms with Crippen molar-refractivity contribution in [1.82, 2.24) is 4.90 Å². The summed E-state index contributed by atoms with van der Waals surface area (Å²) >= 11 is 0. The smallest absolute Gasteiger partial charge is 0.228 e. The van der Waals surface area contributed by atoms with Gasteiger partial charge in [-0.25, -0.2) is 4.39 Å². The predicted octanol–water partition coefficient (Wildman–Crippen LogP) is 2.40. The number of piperazine rings is 1. The Morgan fingerprint density at radius 3 is 2.21 bits per heavy atom. The summed E-state index contributed by atoms with van der Waals surface area (Å²) in [7, 11) is 0. The highest BCUT2D eigenvalue weighted by Gasteiger charge is 2.37. The summed E-state index contributed by atoms with van der Waals surface area (Å²) < 4.78 is 13.1. The molecule has 0 radical (unpaired) electrons. The molecule has 148 valence electrons. The SMILES string of the molecule is N#Cc1ccc(N2CC(C(=O)N3CCN(c4ccc(F)cc4)CC3)CC2=O)cc1. The Morgan fingerprint density at radius 1 is 0.966 bits per heavy atom. The lowest BCUT2D eigenvalue weighted by Crippen LogP contribution is -2.50. The molecule has 29 heavy (non-hydrogen) atoms. The van der Waals surface area contributed by atoms with Gasteiger partial charge in [0.1, 0.15) is 5.82 Å². The Morgan fingerprint density at radius 2 is 1.59 bits per heavy atom. The molecule has 0 N–H and O–H groups in total. The topological polar surface area (TPSA) is 67.7 Å². The summed E-state index contributed by atoms with van der Waals surface area (Å²) in [4.78, 5) is 31.0. The van der Waals surface area contributed by atoms with E-state index in [2.05, 4.69) is 11.0 Å². The molecule has 0 aromatic heterocycles. The van der Waals surface area contributed by atoms with E-state index < -0.39 is 0 Å². The van der Waals surface area contributed by atoms with E-state index in [1.807, 2.05) is 4.90 Å². The third-order valence-corrected chi connectivity index (χ3v) is 5.57. The quantitative estimate of drug-likeness (QED) is 0.805. The summed E-state index contributed by atoms with van der Waals surface area (Å²) in [5.41, 5.74) is 2.19. The maximum atomic E-state index is 13.1. The van der Waals surface area contributed by atoms with E-state index in [0.29, 0.717) is 44.0 Å². The molecule has 2 aliphatic heterocycles. The average Bonchev–Trinajstić information content (AvgIpc) is 3.15. The van der Waals surface area contributed by atoms with Gasteiger partial charge < -0.3 is 14.7 Å². The van der Waals surface area contributed by atoms with Crippen molar-refractivity contribution in [2.24, 2.45) is 5.92 Å². The van der Waals surface area contributed by atoms with Gasteiger partial charge in [-0.3, -0.25) is 9.59 Å². The number of nitrogens with zero attached hydrogens (tertiary/aromatic N) is 4. The minimum atomic E-state index is -0.351. The lowest BCUT2D eigenvalue weighted by Gasteiger charge is -2.37. The predicted molar refractivity (Wildman–Crippen MR) is 107 cm³/mol. The molecule has 6 nitrogen and oxygen atoms in total. The zero-order valence-electron chi connectivity index (χ0n) is 15.9. The zero-order chi connectivity index (χ0) is 20.4. The van der Waals surface area contributed by atoms with Crippen LogP contribution in [0.5, 0.6) is 0 Å². The molecular weight excluding hydrogens is 371 g/mol. The van der Waals surface area contributed by atoms with Gasteiger partial charge >= 0.3 is 0 Å². The van der Waals surface area contributed by atoms with Crippen molar-refractivity contribution < 1.29 is 14.0 Å². The number of halogens is 1. The Hall–Kier alpha value is -3.40. The maximum Gasteiger partial charge on any atom is 0.228 e. The highest BCUT2D eigenvalue weighted by Crippen LogP contribution is 2.27. The molecule has 2 heterocycles. The largest absolute Gasteiger partial charge is 0.368 e. The number of rotatable bonds is 3. The van der Waals surface area contributed by atoms with Crippen LogP contribution < -0.4 is 9.80 Å². The van der Waals surface area contributed by atoms with E-state index in [-0.39, 0.29) is 30.0 Å². The van der Waals surface area contributed by atoms with Gasteiger partial charge in [-0.1, -0.05) is 0 Å². The molecular formula is C22H21FN4O2. The van der Waals surface area contributed by atoms with Crippen LogP contribution in [0.2, 0.25) is 0 Å². The van der Waals surface area contributed by atoms with Gasteiger partial charge in [-0.15, -0.1) is 0 Å². The first-order valence-electron chi connectivity index (χ1n) is 9.65. The first-order chi connectivity index (χ1) is 14.0. The maximum absolute atomic E-state index is 13.1. The van der Waals surface area contributed by atoms with Gasteiger partial charge in [0.05, 0.1) is 17.6 Å². The Bertz CT molecular complexity index is 944. The normalized spacial score (nSPS) is 19.4. The van der Waals surface area contributed by atoms with Crippen molar-refractivity contribution in [2.75, 3.05) is 42.5 Å². The number of benzene rings is 2. The molecule has 4 rings (SSSR count). The van der Waals surface area contributed by atoms with Crippen molar-refractivity contribution in [3.8, 4) is 6.07 Å². The molecule has 2 saturated heterocycles.